The monoisotopic (exact) mass is 302 g/mol. The molecule has 22 heavy (non-hydrogen) atoms. The van der Waals surface area contributed by atoms with E-state index >= 15 is 0 Å². The molecule has 2 rings (SSSR count). The predicted molar refractivity (Wildman–Crippen MR) is 91.5 cm³/mol. The molecule has 2 heteroatoms. The number of carbonyl (C=O) groups excluding carboxylic acids is 1. The zero-order valence-electron chi connectivity index (χ0n) is 14.1. The van der Waals surface area contributed by atoms with E-state index in [1.807, 2.05) is 12.1 Å². The van der Waals surface area contributed by atoms with E-state index in [1.165, 1.54) is 25.7 Å². The Bertz CT molecular complexity index is 449. The van der Waals surface area contributed by atoms with Crippen LogP contribution in [0.1, 0.15) is 76.7 Å². The molecule has 0 heterocycles. The molecule has 0 aliphatic heterocycles. The topological polar surface area (TPSA) is 26.3 Å². The number of hydrogen-bond acceptors (Lipinski definition) is 2. The number of unbranched alkanes of at least 4 members (excludes halogenated alkanes) is 3. The van der Waals surface area contributed by atoms with Gasteiger partial charge in [-0.05, 0) is 42.9 Å². The Morgan fingerprint density at radius 2 is 1.82 bits per heavy atom. The van der Waals surface area contributed by atoms with Gasteiger partial charge in [-0.3, -0.25) is 4.79 Å². The van der Waals surface area contributed by atoms with Gasteiger partial charge in [0.15, 0.2) is 0 Å². The van der Waals surface area contributed by atoms with Crippen molar-refractivity contribution in [3.8, 4) is 5.75 Å². The van der Waals surface area contributed by atoms with E-state index < -0.39 is 0 Å². The molecule has 1 aromatic carbocycles. The fourth-order valence-corrected chi connectivity index (χ4v) is 3.31. The zero-order valence-corrected chi connectivity index (χ0v) is 14.1. The highest BCUT2D eigenvalue weighted by atomic mass is 16.5. The first-order valence-electron chi connectivity index (χ1n) is 9.00. The summed E-state index contributed by atoms with van der Waals surface area (Å²) in [6.07, 6.45) is 8.98. The number of hydrogen-bond donors (Lipinski definition) is 0. The van der Waals surface area contributed by atoms with E-state index in [0.717, 1.165) is 43.6 Å². The van der Waals surface area contributed by atoms with Gasteiger partial charge in [-0.25, -0.2) is 0 Å². The van der Waals surface area contributed by atoms with Gasteiger partial charge in [0.2, 0.25) is 0 Å². The van der Waals surface area contributed by atoms with Gasteiger partial charge in [0.25, 0.3) is 0 Å². The van der Waals surface area contributed by atoms with Crippen molar-refractivity contribution >= 4 is 5.78 Å². The standard InChI is InChI=1S/C20H30O2/c1-3-5-6-7-14-22-18-11-9-17(10-12-18)19-13-8-16(4-2)15-20(19)21/h9-12,16,19H,3-8,13-15H2,1-2H3. The number of Topliss-reactive ketones (excluding diaryl/α,β-unsaturated/α-hetero) is 1. The van der Waals surface area contributed by atoms with Gasteiger partial charge in [-0.15, -0.1) is 0 Å². The highest BCUT2D eigenvalue weighted by molar-refractivity contribution is 5.86. The van der Waals surface area contributed by atoms with E-state index in [4.69, 9.17) is 4.74 Å². The van der Waals surface area contributed by atoms with Crippen molar-refractivity contribution in [3.63, 3.8) is 0 Å². The average Bonchev–Trinajstić information content (AvgIpc) is 2.55. The van der Waals surface area contributed by atoms with Crippen molar-refractivity contribution in [3.05, 3.63) is 29.8 Å². The van der Waals surface area contributed by atoms with Crippen LogP contribution in [0.2, 0.25) is 0 Å². The first kappa shape index (κ1) is 17.1. The molecule has 0 bridgehead atoms. The van der Waals surface area contributed by atoms with Gasteiger partial charge in [-0.1, -0.05) is 51.7 Å². The molecule has 1 aliphatic rings. The van der Waals surface area contributed by atoms with Crippen molar-refractivity contribution in [2.24, 2.45) is 5.92 Å². The molecule has 1 aliphatic carbocycles. The molecule has 0 amide bonds. The second kappa shape index (κ2) is 8.97. The molecule has 122 valence electrons. The van der Waals surface area contributed by atoms with E-state index in [9.17, 15) is 4.79 Å². The Balaban J connectivity index is 1.82. The predicted octanol–water partition coefficient (Wildman–Crippen LogP) is 5.51. The lowest BCUT2D eigenvalue weighted by atomic mass is 9.77. The van der Waals surface area contributed by atoms with Crippen LogP contribution in [0.3, 0.4) is 0 Å². The molecule has 2 nitrogen and oxygen atoms in total. The van der Waals surface area contributed by atoms with Gasteiger partial charge in [0.1, 0.15) is 11.5 Å². The molecule has 0 radical (unpaired) electrons. The Kier molecular flexibility index (Phi) is 6.95. The second-order valence-electron chi connectivity index (χ2n) is 6.55. The van der Waals surface area contributed by atoms with Crippen LogP contribution in [0.4, 0.5) is 0 Å². The third-order valence-corrected chi connectivity index (χ3v) is 4.87. The summed E-state index contributed by atoms with van der Waals surface area (Å²) in [6, 6.07) is 8.20. The number of ether oxygens (including phenoxy) is 1. The second-order valence-corrected chi connectivity index (χ2v) is 6.55. The van der Waals surface area contributed by atoms with Crippen LogP contribution >= 0.6 is 0 Å². The van der Waals surface area contributed by atoms with Crippen LogP contribution in [0, 0.1) is 5.92 Å². The maximum atomic E-state index is 12.3. The fourth-order valence-electron chi connectivity index (χ4n) is 3.31. The Morgan fingerprint density at radius 1 is 1.05 bits per heavy atom. The van der Waals surface area contributed by atoms with Crippen molar-refractivity contribution in [1.82, 2.24) is 0 Å². The first-order valence-corrected chi connectivity index (χ1v) is 9.00. The van der Waals surface area contributed by atoms with E-state index in [2.05, 4.69) is 26.0 Å². The molecule has 2 unspecified atom stereocenters. The summed E-state index contributed by atoms with van der Waals surface area (Å²) < 4.78 is 5.77. The Morgan fingerprint density at radius 3 is 2.45 bits per heavy atom. The number of rotatable bonds is 8. The normalized spacial score (nSPS) is 21.8. The first-order chi connectivity index (χ1) is 10.7. The summed E-state index contributed by atoms with van der Waals surface area (Å²) in [4.78, 5) is 12.3. The molecule has 0 N–H and O–H groups in total. The van der Waals surface area contributed by atoms with Crippen LogP contribution < -0.4 is 4.74 Å². The maximum Gasteiger partial charge on any atom is 0.140 e. The van der Waals surface area contributed by atoms with E-state index in [-0.39, 0.29) is 5.92 Å². The maximum absolute atomic E-state index is 12.3. The SMILES string of the molecule is CCCCCCOc1ccc(C2CCC(CC)CC2=O)cc1. The lowest BCUT2D eigenvalue weighted by molar-refractivity contribution is -0.123. The van der Waals surface area contributed by atoms with Crippen LogP contribution in [0.15, 0.2) is 24.3 Å². The fraction of sp³-hybridized carbons (Fsp3) is 0.650. The van der Waals surface area contributed by atoms with Crippen LogP contribution in [0.25, 0.3) is 0 Å². The summed E-state index contributed by atoms with van der Waals surface area (Å²) >= 11 is 0. The van der Waals surface area contributed by atoms with E-state index in [1.54, 1.807) is 0 Å². The van der Waals surface area contributed by atoms with Gasteiger partial charge < -0.3 is 4.74 Å². The average molecular weight is 302 g/mol. The van der Waals surface area contributed by atoms with Crippen molar-refractivity contribution < 1.29 is 9.53 Å². The van der Waals surface area contributed by atoms with Crippen molar-refractivity contribution in [2.75, 3.05) is 6.61 Å². The lowest BCUT2D eigenvalue weighted by Gasteiger charge is -2.27. The third kappa shape index (κ3) is 4.86. The number of carbonyl (C=O) groups is 1. The van der Waals surface area contributed by atoms with Crippen LogP contribution in [0.5, 0.6) is 5.75 Å². The molecule has 0 aromatic heterocycles. The van der Waals surface area contributed by atoms with Gasteiger partial charge in [-0.2, -0.15) is 0 Å². The molecule has 1 aromatic rings. The minimum Gasteiger partial charge on any atom is -0.494 e. The number of benzene rings is 1. The molecular weight excluding hydrogens is 272 g/mol. The van der Waals surface area contributed by atoms with Gasteiger partial charge in [0, 0.05) is 12.3 Å². The zero-order chi connectivity index (χ0) is 15.8. The molecule has 1 saturated carbocycles. The lowest BCUT2D eigenvalue weighted by Crippen LogP contribution is -2.23. The smallest absolute Gasteiger partial charge is 0.140 e. The highest BCUT2D eigenvalue weighted by Gasteiger charge is 2.28. The third-order valence-electron chi connectivity index (χ3n) is 4.87. The van der Waals surface area contributed by atoms with Gasteiger partial charge in [0.05, 0.1) is 6.61 Å². The number of ketones is 1. The van der Waals surface area contributed by atoms with Crippen LogP contribution in [-0.4, -0.2) is 12.4 Å². The molecule has 0 spiro atoms. The molecule has 1 fully saturated rings. The summed E-state index contributed by atoms with van der Waals surface area (Å²) in [7, 11) is 0. The Labute approximate surface area is 135 Å². The Hall–Kier alpha value is -1.31. The van der Waals surface area contributed by atoms with Gasteiger partial charge >= 0.3 is 0 Å². The minimum atomic E-state index is 0.112. The summed E-state index contributed by atoms with van der Waals surface area (Å²) in [6.45, 7) is 5.19. The van der Waals surface area contributed by atoms with Crippen LogP contribution in [-0.2, 0) is 4.79 Å². The summed E-state index contributed by atoms with van der Waals surface area (Å²) in [5, 5.41) is 0. The van der Waals surface area contributed by atoms with Crippen molar-refractivity contribution in [1.29, 1.82) is 0 Å². The summed E-state index contributed by atoms with van der Waals surface area (Å²) in [5.74, 6) is 2.07. The molecular formula is C20H30O2. The van der Waals surface area contributed by atoms with E-state index in [0.29, 0.717) is 11.7 Å². The molecule has 0 saturated heterocycles. The quantitative estimate of drug-likeness (QED) is 0.592. The highest BCUT2D eigenvalue weighted by Crippen LogP contribution is 2.34. The summed E-state index contributed by atoms with van der Waals surface area (Å²) in [5.41, 5.74) is 1.16. The minimum absolute atomic E-state index is 0.112. The van der Waals surface area contributed by atoms with Crippen molar-refractivity contribution in [2.45, 2.75) is 71.1 Å². The largest absolute Gasteiger partial charge is 0.494 e. The molecule has 2 atom stereocenters.